The molecule has 1 aliphatic rings. The molecule has 0 bridgehead atoms. The van der Waals surface area contributed by atoms with E-state index in [0.29, 0.717) is 0 Å². The molecule has 0 unspecified atom stereocenters. The summed E-state index contributed by atoms with van der Waals surface area (Å²) in [6.45, 7) is 9.78. The molecule has 24 heavy (non-hydrogen) atoms. The summed E-state index contributed by atoms with van der Waals surface area (Å²) in [5.41, 5.74) is 2.04. The fourth-order valence-corrected chi connectivity index (χ4v) is 4.02. The summed E-state index contributed by atoms with van der Waals surface area (Å²) in [4.78, 5) is 25.0. The molecule has 124 valence electrons. The van der Waals surface area contributed by atoms with Crippen LogP contribution in [0.3, 0.4) is 0 Å². The minimum absolute atomic E-state index is 0.839. The maximum atomic E-state index is 4.58. The van der Waals surface area contributed by atoms with Crippen molar-refractivity contribution in [3.8, 4) is 0 Å². The summed E-state index contributed by atoms with van der Waals surface area (Å²) in [7, 11) is 0. The second kappa shape index (κ2) is 5.98. The zero-order valence-electron chi connectivity index (χ0n) is 14.2. The lowest BCUT2D eigenvalue weighted by Gasteiger charge is -2.35. The summed E-state index contributed by atoms with van der Waals surface area (Å²) in [5.74, 6) is 1.89. The van der Waals surface area contributed by atoms with E-state index in [9.17, 15) is 0 Å². The van der Waals surface area contributed by atoms with E-state index in [0.717, 1.165) is 59.5 Å². The van der Waals surface area contributed by atoms with Gasteiger partial charge >= 0.3 is 0 Å². The normalized spacial score (nSPS) is 15.3. The van der Waals surface area contributed by atoms with Gasteiger partial charge in [0.2, 0.25) is 5.95 Å². The van der Waals surface area contributed by atoms with Crippen LogP contribution < -0.4 is 9.80 Å². The smallest absolute Gasteiger partial charge is 0.225 e. The summed E-state index contributed by atoms with van der Waals surface area (Å²) in [6.07, 6.45) is 1.67. The van der Waals surface area contributed by atoms with Gasteiger partial charge in [0.25, 0.3) is 0 Å². The minimum Gasteiger partial charge on any atom is -0.352 e. The number of hydrogen-bond acceptors (Lipinski definition) is 7. The Morgan fingerprint density at radius 1 is 0.875 bits per heavy atom. The number of nitrogens with zero attached hydrogens (tertiary/aromatic N) is 6. The van der Waals surface area contributed by atoms with Crippen molar-refractivity contribution in [3.05, 3.63) is 34.7 Å². The van der Waals surface area contributed by atoms with Crippen molar-refractivity contribution in [1.29, 1.82) is 0 Å². The standard InChI is InChI=1S/C17H20N6S/c1-11-8-12(2)21-17(20-11)23-6-4-22(5-7-23)15-14-9-13(3)24-16(14)19-10-18-15/h8-10H,4-7H2,1-3H3. The highest BCUT2D eigenvalue weighted by atomic mass is 32.1. The third-order valence-electron chi connectivity index (χ3n) is 4.26. The van der Waals surface area contributed by atoms with Crippen LogP contribution in [0.4, 0.5) is 11.8 Å². The van der Waals surface area contributed by atoms with Crippen LogP contribution in [0, 0.1) is 20.8 Å². The maximum absolute atomic E-state index is 4.58. The molecule has 0 saturated carbocycles. The first-order chi connectivity index (χ1) is 11.6. The second-order valence-corrected chi connectivity index (χ2v) is 7.43. The SMILES string of the molecule is Cc1cc(C)nc(N2CCN(c3ncnc4sc(C)cc34)CC2)n1. The first kappa shape index (κ1) is 15.3. The average molecular weight is 340 g/mol. The Morgan fingerprint density at radius 2 is 1.54 bits per heavy atom. The molecule has 6 nitrogen and oxygen atoms in total. The minimum atomic E-state index is 0.839. The van der Waals surface area contributed by atoms with Gasteiger partial charge < -0.3 is 9.80 Å². The van der Waals surface area contributed by atoms with Gasteiger partial charge in [-0.05, 0) is 32.9 Å². The summed E-state index contributed by atoms with van der Waals surface area (Å²) < 4.78 is 0. The Labute approximate surface area is 145 Å². The van der Waals surface area contributed by atoms with Crippen molar-refractivity contribution in [2.45, 2.75) is 20.8 Å². The number of fused-ring (bicyclic) bond motifs is 1. The molecule has 0 N–H and O–H groups in total. The monoisotopic (exact) mass is 340 g/mol. The van der Waals surface area contributed by atoms with Crippen LogP contribution in [-0.4, -0.2) is 46.1 Å². The fourth-order valence-electron chi connectivity index (χ4n) is 3.18. The molecule has 7 heteroatoms. The molecule has 4 rings (SSSR count). The van der Waals surface area contributed by atoms with Gasteiger partial charge in [-0.1, -0.05) is 0 Å². The van der Waals surface area contributed by atoms with E-state index in [1.807, 2.05) is 19.9 Å². The highest BCUT2D eigenvalue weighted by molar-refractivity contribution is 7.18. The first-order valence-corrected chi connectivity index (χ1v) is 8.95. The number of rotatable bonds is 2. The lowest BCUT2D eigenvalue weighted by atomic mass is 10.2. The number of anilines is 2. The van der Waals surface area contributed by atoms with Gasteiger partial charge in [0, 0.05) is 42.4 Å². The van der Waals surface area contributed by atoms with Crippen molar-refractivity contribution in [2.75, 3.05) is 36.0 Å². The van der Waals surface area contributed by atoms with E-state index in [-0.39, 0.29) is 0 Å². The summed E-state index contributed by atoms with van der Waals surface area (Å²) in [6, 6.07) is 4.20. The van der Waals surface area contributed by atoms with E-state index in [1.54, 1.807) is 17.7 Å². The molecule has 0 aromatic carbocycles. The average Bonchev–Trinajstić information content (AvgIpc) is 2.94. The van der Waals surface area contributed by atoms with Crippen LogP contribution in [0.2, 0.25) is 0 Å². The van der Waals surface area contributed by atoms with Gasteiger partial charge in [-0.15, -0.1) is 11.3 Å². The number of aryl methyl sites for hydroxylation is 3. The highest BCUT2D eigenvalue weighted by Gasteiger charge is 2.22. The summed E-state index contributed by atoms with van der Waals surface area (Å²) >= 11 is 1.72. The number of thiophene rings is 1. The van der Waals surface area contributed by atoms with Crippen LogP contribution in [0.25, 0.3) is 10.2 Å². The number of piperazine rings is 1. The third-order valence-corrected chi connectivity index (χ3v) is 5.22. The quantitative estimate of drug-likeness (QED) is 0.715. The lowest BCUT2D eigenvalue weighted by Crippen LogP contribution is -2.47. The van der Waals surface area contributed by atoms with Crippen molar-refractivity contribution in [1.82, 2.24) is 19.9 Å². The second-order valence-electron chi connectivity index (χ2n) is 6.20. The molecule has 4 heterocycles. The first-order valence-electron chi connectivity index (χ1n) is 8.13. The number of hydrogen-bond donors (Lipinski definition) is 0. The van der Waals surface area contributed by atoms with E-state index < -0.39 is 0 Å². The van der Waals surface area contributed by atoms with E-state index in [4.69, 9.17) is 0 Å². The zero-order valence-corrected chi connectivity index (χ0v) is 15.0. The van der Waals surface area contributed by atoms with Crippen LogP contribution >= 0.6 is 11.3 Å². The molecule has 3 aromatic rings. The predicted molar refractivity (Wildman–Crippen MR) is 98.1 cm³/mol. The van der Waals surface area contributed by atoms with Crippen molar-refractivity contribution < 1.29 is 0 Å². The largest absolute Gasteiger partial charge is 0.352 e. The molecule has 0 atom stereocenters. The Morgan fingerprint density at radius 3 is 2.25 bits per heavy atom. The Hall–Kier alpha value is -2.28. The molecule has 0 aliphatic carbocycles. The highest BCUT2D eigenvalue weighted by Crippen LogP contribution is 2.30. The molecule has 1 saturated heterocycles. The molecule has 0 spiro atoms. The molecular formula is C17H20N6S. The number of aromatic nitrogens is 4. The Kier molecular flexibility index (Phi) is 3.80. The van der Waals surface area contributed by atoms with Gasteiger partial charge in [-0.2, -0.15) is 0 Å². The van der Waals surface area contributed by atoms with Crippen molar-refractivity contribution in [2.24, 2.45) is 0 Å². The zero-order chi connectivity index (χ0) is 16.7. The van der Waals surface area contributed by atoms with Crippen LogP contribution in [0.1, 0.15) is 16.3 Å². The lowest BCUT2D eigenvalue weighted by molar-refractivity contribution is 0.634. The molecule has 1 aliphatic heterocycles. The topological polar surface area (TPSA) is 58.0 Å². The van der Waals surface area contributed by atoms with Gasteiger partial charge in [0.05, 0.1) is 5.39 Å². The van der Waals surface area contributed by atoms with Crippen LogP contribution in [0.15, 0.2) is 18.5 Å². The van der Waals surface area contributed by atoms with Crippen LogP contribution in [0.5, 0.6) is 0 Å². The molecule has 0 amide bonds. The van der Waals surface area contributed by atoms with Crippen molar-refractivity contribution in [3.63, 3.8) is 0 Å². The Bertz CT molecular complexity index is 862. The van der Waals surface area contributed by atoms with Crippen LogP contribution in [-0.2, 0) is 0 Å². The Balaban J connectivity index is 1.55. The van der Waals surface area contributed by atoms with Crippen molar-refractivity contribution >= 4 is 33.3 Å². The molecular weight excluding hydrogens is 320 g/mol. The van der Waals surface area contributed by atoms with Gasteiger partial charge in [0.15, 0.2) is 0 Å². The van der Waals surface area contributed by atoms with Gasteiger partial charge in [-0.25, -0.2) is 19.9 Å². The van der Waals surface area contributed by atoms with E-state index >= 15 is 0 Å². The van der Waals surface area contributed by atoms with E-state index in [2.05, 4.69) is 42.7 Å². The predicted octanol–water partition coefficient (Wildman–Crippen LogP) is 2.73. The van der Waals surface area contributed by atoms with Gasteiger partial charge in [-0.3, -0.25) is 0 Å². The molecule has 0 radical (unpaired) electrons. The van der Waals surface area contributed by atoms with E-state index in [1.165, 1.54) is 4.88 Å². The maximum Gasteiger partial charge on any atom is 0.225 e. The fraction of sp³-hybridized carbons (Fsp3) is 0.412. The summed E-state index contributed by atoms with van der Waals surface area (Å²) in [5, 5.41) is 1.16. The van der Waals surface area contributed by atoms with Gasteiger partial charge in [0.1, 0.15) is 17.0 Å². The molecule has 1 fully saturated rings. The third kappa shape index (κ3) is 2.80. The molecule has 3 aromatic heterocycles.